The summed E-state index contributed by atoms with van der Waals surface area (Å²) >= 11 is 0. The summed E-state index contributed by atoms with van der Waals surface area (Å²) in [6, 6.07) is 0. The van der Waals surface area contributed by atoms with Crippen LogP contribution in [0.4, 0.5) is 0 Å². The second kappa shape index (κ2) is 10.1. The Morgan fingerprint density at radius 2 is 2.12 bits per heavy atom. The number of carbonyl (C=O) groups is 1. The van der Waals surface area contributed by atoms with E-state index in [1.165, 1.54) is 5.57 Å². The number of unbranched alkanes of at least 4 members (excludes halogenated alkanes) is 1. The average Bonchev–Trinajstić information content (AvgIpc) is 3.10. The highest BCUT2D eigenvalue weighted by Crippen LogP contribution is 2.50. The highest BCUT2D eigenvalue weighted by molar-refractivity contribution is 5.66. The van der Waals surface area contributed by atoms with Crippen LogP contribution in [0.2, 0.25) is 0 Å². The van der Waals surface area contributed by atoms with Crippen molar-refractivity contribution in [2.75, 3.05) is 0 Å². The minimum atomic E-state index is -0.734. The van der Waals surface area contributed by atoms with E-state index in [1.54, 1.807) is 0 Å². The molecule has 0 aromatic heterocycles. The Labute approximate surface area is 157 Å². The van der Waals surface area contributed by atoms with Gasteiger partial charge in [0.2, 0.25) is 0 Å². The van der Waals surface area contributed by atoms with Crippen molar-refractivity contribution < 1.29 is 20.1 Å². The fourth-order valence-electron chi connectivity index (χ4n) is 4.42. The van der Waals surface area contributed by atoms with Gasteiger partial charge >= 0.3 is 5.97 Å². The number of aliphatic hydroxyl groups excluding tert-OH is 2. The Morgan fingerprint density at radius 1 is 1.35 bits per heavy atom. The van der Waals surface area contributed by atoms with Gasteiger partial charge < -0.3 is 15.3 Å². The van der Waals surface area contributed by atoms with E-state index in [9.17, 15) is 15.0 Å². The molecule has 2 aliphatic carbocycles. The van der Waals surface area contributed by atoms with Gasteiger partial charge in [-0.15, -0.1) is 0 Å². The lowest BCUT2D eigenvalue weighted by molar-refractivity contribution is -0.137. The average molecular weight is 363 g/mol. The molecule has 4 nitrogen and oxygen atoms in total. The van der Waals surface area contributed by atoms with E-state index in [0.717, 1.165) is 32.1 Å². The van der Waals surface area contributed by atoms with Crippen LogP contribution >= 0.6 is 0 Å². The van der Waals surface area contributed by atoms with Crippen molar-refractivity contribution in [2.24, 2.45) is 23.7 Å². The van der Waals surface area contributed by atoms with Gasteiger partial charge in [-0.25, -0.2) is 0 Å². The molecular formula is C22H34O4. The molecule has 0 aromatic carbocycles. The Balaban J connectivity index is 1.89. The third kappa shape index (κ3) is 5.82. The second-order valence-electron chi connectivity index (χ2n) is 8.02. The molecule has 2 aliphatic rings. The molecule has 2 rings (SSSR count). The van der Waals surface area contributed by atoms with Crippen molar-refractivity contribution in [3.8, 4) is 0 Å². The molecule has 146 valence electrons. The number of rotatable bonds is 9. The third-order valence-corrected chi connectivity index (χ3v) is 6.00. The molecule has 4 heteroatoms. The lowest BCUT2D eigenvalue weighted by Crippen LogP contribution is -2.19. The molecule has 3 N–H and O–H groups in total. The molecule has 1 unspecified atom stereocenters. The molecule has 26 heavy (non-hydrogen) atoms. The first kappa shape index (κ1) is 20.9. The predicted molar refractivity (Wildman–Crippen MR) is 104 cm³/mol. The van der Waals surface area contributed by atoms with E-state index < -0.39 is 12.1 Å². The third-order valence-electron chi connectivity index (χ3n) is 6.00. The summed E-state index contributed by atoms with van der Waals surface area (Å²) in [5.74, 6) is 0.522. The van der Waals surface area contributed by atoms with Gasteiger partial charge in [0, 0.05) is 12.3 Å². The summed E-state index contributed by atoms with van der Waals surface area (Å²) in [5, 5.41) is 29.4. The van der Waals surface area contributed by atoms with Gasteiger partial charge in [0.15, 0.2) is 0 Å². The largest absolute Gasteiger partial charge is 0.481 e. The van der Waals surface area contributed by atoms with E-state index in [-0.39, 0.29) is 24.4 Å². The summed E-state index contributed by atoms with van der Waals surface area (Å²) in [5.41, 5.74) is 1.41. The Hall–Kier alpha value is -1.39. The normalized spacial score (nSPS) is 32.5. The molecule has 0 heterocycles. The maximum absolute atomic E-state index is 10.6. The van der Waals surface area contributed by atoms with E-state index >= 15 is 0 Å². The van der Waals surface area contributed by atoms with Crippen LogP contribution in [0.3, 0.4) is 0 Å². The minimum absolute atomic E-state index is 0.119. The molecule has 2 fully saturated rings. The molecule has 0 bridgehead atoms. The molecule has 0 radical (unpaired) electrons. The smallest absolute Gasteiger partial charge is 0.303 e. The van der Waals surface area contributed by atoms with Crippen molar-refractivity contribution >= 4 is 5.97 Å². The maximum Gasteiger partial charge on any atom is 0.303 e. The van der Waals surface area contributed by atoms with Crippen molar-refractivity contribution in [3.63, 3.8) is 0 Å². The number of aliphatic carboxylic acids is 1. The van der Waals surface area contributed by atoms with E-state index in [1.807, 2.05) is 32.1 Å². The second-order valence-corrected chi connectivity index (χ2v) is 8.02. The number of hydrogen-bond donors (Lipinski definition) is 3. The number of carboxylic acids is 1. The van der Waals surface area contributed by atoms with Crippen LogP contribution in [0.1, 0.15) is 58.8 Å². The van der Waals surface area contributed by atoms with Crippen LogP contribution in [0.15, 0.2) is 36.0 Å². The highest BCUT2D eigenvalue weighted by atomic mass is 16.4. The molecule has 6 atom stereocenters. The maximum atomic E-state index is 10.6. The topological polar surface area (TPSA) is 77.8 Å². The standard InChI is InChI=1S/C22H34O4/c1-3-4-7-15(2)20(23)11-10-18-19-13-16(8-5-6-9-22(25)26)12-17(19)14-21(18)24/h3-4,8,10-11,15,17-21,23-24H,5-7,9,12-14H2,1-2H3,(H,25,26)/b4-3+,11-10+,16-8-/t15?,17-,18+,19-,20+,21+/m0/s1. The van der Waals surface area contributed by atoms with Gasteiger partial charge in [-0.2, -0.15) is 0 Å². The number of allylic oxidation sites excluding steroid dienone is 4. The first-order valence-electron chi connectivity index (χ1n) is 9.97. The summed E-state index contributed by atoms with van der Waals surface area (Å²) in [7, 11) is 0. The molecule has 0 saturated heterocycles. The Kier molecular flexibility index (Phi) is 8.11. The molecule has 0 aliphatic heterocycles. The van der Waals surface area contributed by atoms with Crippen LogP contribution in [-0.4, -0.2) is 33.5 Å². The van der Waals surface area contributed by atoms with Gasteiger partial charge in [-0.3, -0.25) is 4.79 Å². The molecule has 0 amide bonds. The van der Waals surface area contributed by atoms with Crippen LogP contribution in [-0.2, 0) is 4.79 Å². The number of fused-ring (bicyclic) bond motifs is 1. The Bertz CT molecular complexity index is 548. The first-order valence-corrected chi connectivity index (χ1v) is 9.97. The van der Waals surface area contributed by atoms with Gasteiger partial charge in [0.25, 0.3) is 0 Å². The highest BCUT2D eigenvalue weighted by Gasteiger charge is 2.44. The van der Waals surface area contributed by atoms with Crippen molar-refractivity contribution in [1.82, 2.24) is 0 Å². The zero-order chi connectivity index (χ0) is 19.1. The van der Waals surface area contributed by atoms with Crippen molar-refractivity contribution in [2.45, 2.75) is 71.0 Å². The summed E-state index contributed by atoms with van der Waals surface area (Å²) in [6.07, 6.45) is 14.8. The molecule has 0 aromatic rings. The Morgan fingerprint density at radius 3 is 2.81 bits per heavy atom. The van der Waals surface area contributed by atoms with E-state index in [4.69, 9.17) is 5.11 Å². The number of carboxylic acid groups (broad SMARTS) is 1. The van der Waals surface area contributed by atoms with Gasteiger partial charge in [0.05, 0.1) is 12.2 Å². The minimum Gasteiger partial charge on any atom is -0.481 e. The van der Waals surface area contributed by atoms with Crippen LogP contribution < -0.4 is 0 Å². The van der Waals surface area contributed by atoms with Crippen LogP contribution in [0, 0.1) is 23.7 Å². The number of hydrogen-bond acceptors (Lipinski definition) is 3. The van der Waals surface area contributed by atoms with Gasteiger partial charge in [-0.1, -0.05) is 42.9 Å². The van der Waals surface area contributed by atoms with Gasteiger partial charge in [0.1, 0.15) is 0 Å². The molecular weight excluding hydrogens is 328 g/mol. The lowest BCUT2D eigenvalue weighted by Gasteiger charge is -2.19. The summed E-state index contributed by atoms with van der Waals surface area (Å²) in [6.45, 7) is 4.02. The quantitative estimate of drug-likeness (QED) is 0.426. The van der Waals surface area contributed by atoms with E-state index in [2.05, 4.69) is 12.2 Å². The number of aliphatic hydroxyl groups is 2. The van der Waals surface area contributed by atoms with Crippen LogP contribution in [0.5, 0.6) is 0 Å². The van der Waals surface area contributed by atoms with Crippen molar-refractivity contribution in [3.05, 3.63) is 36.0 Å². The molecule has 0 spiro atoms. The van der Waals surface area contributed by atoms with Crippen LogP contribution in [0.25, 0.3) is 0 Å². The summed E-state index contributed by atoms with van der Waals surface area (Å²) < 4.78 is 0. The zero-order valence-electron chi connectivity index (χ0n) is 16.1. The first-order chi connectivity index (χ1) is 12.4. The predicted octanol–water partition coefficient (Wildman–Crippen LogP) is 4.09. The monoisotopic (exact) mass is 362 g/mol. The van der Waals surface area contributed by atoms with Crippen molar-refractivity contribution in [1.29, 1.82) is 0 Å². The van der Waals surface area contributed by atoms with Gasteiger partial charge in [-0.05, 0) is 63.2 Å². The fourth-order valence-corrected chi connectivity index (χ4v) is 4.42. The van der Waals surface area contributed by atoms with E-state index in [0.29, 0.717) is 18.3 Å². The summed E-state index contributed by atoms with van der Waals surface area (Å²) in [4.78, 5) is 10.6. The SMILES string of the molecule is C/C=C/CC(C)[C@H](O)/C=C/[C@@H]1[C@H]2C/C(=C\CCCC(=O)O)C[C@H]2C[C@H]1O. The fraction of sp³-hybridized carbons (Fsp3) is 0.682. The lowest BCUT2D eigenvalue weighted by atomic mass is 9.89. The zero-order valence-corrected chi connectivity index (χ0v) is 16.1. The molecule has 2 saturated carbocycles.